The molecule has 25 heavy (non-hydrogen) atoms. The molecule has 3 N–H and O–H groups in total. The molecule has 2 rings (SSSR count). The lowest BCUT2D eigenvalue weighted by molar-refractivity contribution is 0.0940. The number of nitrogens with one attached hydrogen (secondary N) is 1. The van der Waals surface area contributed by atoms with Gasteiger partial charge in [-0.25, -0.2) is 13.6 Å². The first kappa shape index (κ1) is 19.0. The number of ether oxygens (including phenoxy) is 1. The van der Waals surface area contributed by atoms with Gasteiger partial charge < -0.3 is 10.1 Å². The number of carbonyl (C=O) groups is 1. The van der Waals surface area contributed by atoms with E-state index in [1.165, 1.54) is 12.1 Å². The predicted octanol–water partition coefficient (Wildman–Crippen LogP) is 2.61. The smallest absolute Gasteiger partial charge is 0.251 e. The van der Waals surface area contributed by atoms with Crippen molar-refractivity contribution in [2.45, 2.75) is 31.2 Å². The topological polar surface area (TPSA) is 98.5 Å². The Kier molecular flexibility index (Phi) is 6.17. The van der Waals surface area contributed by atoms with Gasteiger partial charge in [-0.05, 0) is 55.3 Å². The Bertz CT molecular complexity index is 832. The molecule has 0 radical (unpaired) electrons. The lowest BCUT2D eigenvalue weighted by atomic mass is 10.1. The molecular weight excluding hydrogens is 340 g/mol. The number of hydrogen-bond donors (Lipinski definition) is 2. The molecule has 0 aliphatic rings. The summed E-state index contributed by atoms with van der Waals surface area (Å²) in [4.78, 5) is 12.4. The standard InChI is InChI=1S/C18H22N2O4S/c1-3-11-24-16-9-7-14(8-10-16)18(21)20-13(2)15-5-4-6-17(12-15)25(19,22)23/h4-10,12-13H,3,11H2,1-2H3,(H,20,21)(H2,19,22,23)/t13-/m1/s1. The quantitative estimate of drug-likeness (QED) is 0.791. The average molecular weight is 362 g/mol. The van der Waals surface area contributed by atoms with Gasteiger partial charge in [0.1, 0.15) is 5.75 Å². The van der Waals surface area contributed by atoms with E-state index in [-0.39, 0.29) is 16.8 Å². The van der Waals surface area contributed by atoms with Crippen molar-refractivity contribution in [2.24, 2.45) is 5.14 Å². The summed E-state index contributed by atoms with van der Waals surface area (Å²) in [7, 11) is -3.78. The molecule has 0 bridgehead atoms. The van der Waals surface area contributed by atoms with Gasteiger partial charge in [0.15, 0.2) is 0 Å². The molecule has 1 amide bonds. The van der Waals surface area contributed by atoms with E-state index >= 15 is 0 Å². The summed E-state index contributed by atoms with van der Waals surface area (Å²) in [5.41, 5.74) is 1.15. The summed E-state index contributed by atoms with van der Waals surface area (Å²) in [6.45, 7) is 4.43. The first-order valence-electron chi connectivity index (χ1n) is 7.97. The number of nitrogens with two attached hydrogens (primary N) is 1. The molecule has 0 saturated heterocycles. The molecule has 0 fully saturated rings. The molecule has 0 spiro atoms. The second-order valence-corrected chi connectivity index (χ2v) is 7.25. The third kappa shape index (κ3) is 5.30. The number of sulfonamides is 1. The van der Waals surface area contributed by atoms with Gasteiger partial charge in [0.2, 0.25) is 10.0 Å². The molecule has 7 heteroatoms. The molecular formula is C18H22N2O4S. The van der Waals surface area contributed by atoms with E-state index in [4.69, 9.17) is 9.88 Å². The monoisotopic (exact) mass is 362 g/mol. The molecule has 134 valence electrons. The van der Waals surface area contributed by atoms with Crippen molar-refractivity contribution >= 4 is 15.9 Å². The Hall–Kier alpha value is -2.38. The second-order valence-electron chi connectivity index (χ2n) is 5.69. The lowest BCUT2D eigenvalue weighted by Gasteiger charge is -2.15. The van der Waals surface area contributed by atoms with Crippen molar-refractivity contribution in [3.8, 4) is 5.75 Å². The Morgan fingerprint density at radius 2 is 1.88 bits per heavy atom. The summed E-state index contributed by atoms with van der Waals surface area (Å²) in [6, 6.07) is 12.7. The van der Waals surface area contributed by atoms with Crippen LogP contribution in [0.15, 0.2) is 53.4 Å². The van der Waals surface area contributed by atoms with Gasteiger partial charge in [0.05, 0.1) is 17.5 Å². The highest BCUT2D eigenvalue weighted by Gasteiger charge is 2.14. The van der Waals surface area contributed by atoms with Gasteiger partial charge in [-0.15, -0.1) is 0 Å². The van der Waals surface area contributed by atoms with Crippen LogP contribution in [0.2, 0.25) is 0 Å². The molecule has 1 atom stereocenters. The first-order chi connectivity index (χ1) is 11.8. The summed E-state index contributed by atoms with van der Waals surface area (Å²) >= 11 is 0. The number of rotatable bonds is 7. The van der Waals surface area contributed by atoms with Crippen LogP contribution in [0.3, 0.4) is 0 Å². The molecule has 0 heterocycles. The number of carbonyl (C=O) groups excluding carboxylic acids is 1. The van der Waals surface area contributed by atoms with Crippen molar-refractivity contribution in [2.75, 3.05) is 6.61 Å². The number of amides is 1. The van der Waals surface area contributed by atoms with E-state index in [9.17, 15) is 13.2 Å². The van der Waals surface area contributed by atoms with Crippen LogP contribution in [0.25, 0.3) is 0 Å². The maximum Gasteiger partial charge on any atom is 0.251 e. The summed E-state index contributed by atoms with van der Waals surface area (Å²) in [5.74, 6) is 0.461. The molecule has 0 aliphatic carbocycles. The third-order valence-electron chi connectivity index (χ3n) is 3.62. The van der Waals surface area contributed by atoms with Crippen LogP contribution >= 0.6 is 0 Å². The molecule has 0 saturated carbocycles. The minimum absolute atomic E-state index is 0.0172. The zero-order valence-electron chi connectivity index (χ0n) is 14.2. The fourth-order valence-corrected chi connectivity index (χ4v) is 2.82. The molecule has 0 aromatic heterocycles. The Labute approximate surface area is 148 Å². The Morgan fingerprint density at radius 1 is 1.20 bits per heavy atom. The van der Waals surface area contributed by atoms with Gasteiger partial charge >= 0.3 is 0 Å². The highest BCUT2D eigenvalue weighted by Crippen LogP contribution is 2.18. The number of primary sulfonamides is 1. The molecule has 0 aliphatic heterocycles. The first-order valence-corrected chi connectivity index (χ1v) is 9.52. The lowest BCUT2D eigenvalue weighted by Crippen LogP contribution is -2.26. The zero-order valence-corrected chi connectivity index (χ0v) is 15.0. The van der Waals surface area contributed by atoms with E-state index < -0.39 is 10.0 Å². The summed E-state index contributed by atoms with van der Waals surface area (Å²) in [6.07, 6.45) is 0.914. The minimum atomic E-state index is -3.78. The van der Waals surface area contributed by atoms with Gasteiger partial charge in [0, 0.05) is 5.56 Å². The molecule has 2 aromatic rings. The van der Waals surface area contributed by atoms with Crippen LogP contribution in [0, 0.1) is 0 Å². The average Bonchev–Trinajstić information content (AvgIpc) is 2.59. The Morgan fingerprint density at radius 3 is 2.48 bits per heavy atom. The van der Waals surface area contributed by atoms with Crippen LogP contribution in [0.1, 0.15) is 42.2 Å². The highest BCUT2D eigenvalue weighted by atomic mass is 32.2. The molecule has 2 aromatic carbocycles. The van der Waals surface area contributed by atoms with E-state index in [2.05, 4.69) is 5.32 Å². The van der Waals surface area contributed by atoms with E-state index in [1.54, 1.807) is 43.3 Å². The van der Waals surface area contributed by atoms with Crippen molar-refractivity contribution < 1.29 is 17.9 Å². The normalized spacial score (nSPS) is 12.4. The van der Waals surface area contributed by atoms with E-state index in [0.717, 1.165) is 6.42 Å². The minimum Gasteiger partial charge on any atom is -0.494 e. The van der Waals surface area contributed by atoms with Crippen molar-refractivity contribution in [3.63, 3.8) is 0 Å². The zero-order chi connectivity index (χ0) is 18.4. The second kappa shape index (κ2) is 8.13. The van der Waals surface area contributed by atoms with E-state index in [1.807, 2.05) is 6.92 Å². The fraction of sp³-hybridized carbons (Fsp3) is 0.278. The van der Waals surface area contributed by atoms with Gasteiger partial charge in [-0.2, -0.15) is 0 Å². The fourth-order valence-electron chi connectivity index (χ4n) is 2.25. The number of benzene rings is 2. The Balaban J connectivity index is 2.07. The van der Waals surface area contributed by atoms with Crippen LogP contribution < -0.4 is 15.2 Å². The third-order valence-corrected chi connectivity index (χ3v) is 4.53. The van der Waals surface area contributed by atoms with Crippen molar-refractivity contribution in [1.29, 1.82) is 0 Å². The predicted molar refractivity (Wildman–Crippen MR) is 95.9 cm³/mol. The maximum atomic E-state index is 12.3. The van der Waals surface area contributed by atoms with Crippen molar-refractivity contribution in [1.82, 2.24) is 5.32 Å². The summed E-state index contributed by atoms with van der Waals surface area (Å²) < 4.78 is 28.4. The van der Waals surface area contributed by atoms with Crippen LogP contribution in [-0.4, -0.2) is 20.9 Å². The summed E-state index contributed by atoms with van der Waals surface area (Å²) in [5, 5.41) is 7.98. The molecule has 6 nitrogen and oxygen atoms in total. The maximum absolute atomic E-state index is 12.3. The molecule has 0 unspecified atom stereocenters. The largest absolute Gasteiger partial charge is 0.494 e. The SMILES string of the molecule is CCCOc1ccc(C(=O)N[C@H](C)c2cccc(S(N)(=O)=O)c2)cc1. The van der Waals surface area contributed by atoms with Gasteiger partial charge in [-0.3, -0.25) is 4.79 Å². The van der Waals surface area contributed by atoms with Crippen LogP contribution in [0.5, 0.6) is 5.75 Å². The number of hydrogen-bond acceptors (Lipinski definition) is 4. The van der Waals surface area contributed by atoms with Gasteiger partial charge in [0.25, 0.3) is 5.91 Å². The van der Waals surface area contributed by atoms with Crippen LogP contribution in [0.4, 0.5) is 0 Å². The van der Waals surface area contributed by atoms with Crippen LogP contribution in [-0.2, 0) is 10.0 Å². The highest BCUT2D eigenvalue weighted by molar-refractivity contribution is 7.89. The van der Waals surface area contributed by atoms with E-state index in [0.29, 0.717) is 23.5 Å². The van der Waals surface area contributed by atoms with Gasteiger partial charge in [-0.1, -0.05) is 19.1 Å². The van der Waals surface area contributed by atoms with Crippen molar-refractivity contribution in [3.05, 3.63) is 59.7 Å².